The lowest BCUT2D eigenvalue weighted by molar-refractivity contribution is -0.111. The van der Waals surface area contributed by atoms with Crippen LogP contribution in [0.3, 0.4) is 0 Å². The van der Waals surface area contributed by atoms with Crippen molar-refractivity contribution >= 4 is 41.0 Å². The number of nitrogens with one attached hydrogen (secondary N) is 1. The summed E-state index contributed by atoms with van der Waals surface area (Å²) in [6.07, 6.45) is 8.25. The Balaban J connectivity index is 1.30. The predicted octanol–water partition coefficient (Wildman–Crippen LogP) is 3.50. The topological polar surface area (TPSA) is 74.2 Å². The van der Waals surface area contributed by atoms with Crippen LogP contribution in [0.25, 0.3) is 6.08 Å². The molecule has 0 spiro atoms. The van der Waals surface area contributed by atoms with E-state index in [-0.39, 0.29) is 5.91 Å². The first-order valence-corrected chi connectivity index (χ1v) is 10.0. The first kappa shape index (κ1) is 19.8. The standard InChI is InChI=1S/C22H21ClN6O/c23-18-7-4-17(5-8-18)6-9-21(30)27-19-15-25-22(26-16-19)29-13-11-28(12-14-29)20-3-1-2-10-24-20/h1-10,15-16H,11-14H2,(H,27,30)/b9-6+. The SMILES string of the molecule is O=C(/C=C/c1ccc(Cl)cc1)Nc1cnc(N2CCN(c3ccccn3)CC2)nc1. The Bertz CT molecular complexity index is 1000. The van der Waals surface area contributed by atoms with Crippen molar-refractivity contribution in [1.29, 1.82) is 0 Å². The summed E-state index contributed by atoms with van der Waals surface area (Å²) in [6, 6.07) is 13.2. The van der Waals surface area contributed by atoms with Crippen molar-refractivity contribution in [2.75, 3.05) is 41.3 Å². The van der Waals surface area contributed by atoms with Gasteiger partial charge in [0.2, 0.25) is 11.9 Å². The summed E-state index contributed by atoms with van der Waals surface area (Å²) in [5, 5.41) is 3.43. The van der Waals surface area contributed by atoms with E-state index in [1.54, 1.807) is 30.6 Å². The van der Waals surface area contributed by atoms with Gasteiger partial charge >= 0.3 is 0 Å². The fourth-order valence-electron chi connectivity index (χ4n) is 3.16. The molecule has 0 aliphatic carbocycles. The number of pyridine rings is 1. The number of aromatic nitrogens is 3. The average molecular weight is 421 g/mol. The molecule has 0 unspecified atom stereocenters. The van der Waals surface area contributed by atoms with Crippen molar-refractivity contribution < 1.29 is 4.79 Å². The van der Waals surface area contributed by atoms with Gasteiger partial charge in [-0.2, -0.15) is 0 Å². The van der Waals surface area contributed by atoms with Gasteiger partial charge in [-0.15, -0.1) is 0 Å². The molecular weight excluding hydrogens is 400 g/mol. The predicted molar refractivity (Wildman–Crippen MR) is 120 cm³/mol. The second-order valence-corrected chi connectivity index (χ2v) is 7.24. The number of carbonyl (C=O) groups excluding carboxylic acids is 1. The van der Waals surface area contributed by atoms with Crippen LogP contribution in [0, 0.1) is 0 Å². The number of nitrogens with zero attached hydrogens (tertiary/aromatic N) is 5. The van der Waals surface area contributed by atoms with E-state index in [0.717, 1.165) is 37.6 Å². The van der Waals surface area contributed by atoms with Crippen LogP contribution in [0.2, 0.25) is 5.02 Å². The Kier molecular flexibility index (Phi) is 6.20. The third-order valence-electron chi connectivity index (χ3n) is 4.74. The highest BCUT2D eigenvalue weighted by molar-refractivity contribution is 6.30. The van der Waals surface area contributed by atoms with Gasteiger partial charge in [0.1, 0.15) is 5.82 Å². The quantitative estimate of drug-likeness (QED) is 0.637. The van der Waals surface area contributed by atoms with E-state index in [1.165, 1.54) is 6.08 Å². The maximum Gasteiger partial charge on any atom is 0.248 e. The van der Waals surface area contributed by atoms with E-state index >= 15 is 0 Å². The van der Waals surface area contributed by atoms with Gasteiger partial charge in [0.05, 0.1) is 18.1 Å². The van der Waals surface area contributed by atoms with Gasteiger partial charge in [-0.1, -0.05) is 29.8 Å². The van der Waals surface area contributed by atoms with Gasteiger partial charge in [0.25, 0.3) is 0 Å². The van der Waals surface area contributed by atoms with E-state index < -0.39 is 0 Å². The summed E-state index contributed by atoms with van der Waals surface area (Å²) in [7, 11) is 0. The van der Waals surface area contributed by atoms with Gasteiger partial charge in [0, 0.05) is 43.5 Å². The lowest BCUT2D eigenvalue weighted by Crippen LogP contribution is -2.47. The summed E-state index contributed by atoms with van der Waals surface area (Å²) >= 11 is 5.86. The van der Waals surface area contributed by atoms with Crippen LogP contribution in [0.15, 0.2) is 67.1 Å². The maximum atomic E-state index is 12.1. The minimum absolute atomic E-state index is 0.245. The third kappa shape index (κ3) is 5.12. The number of benzene rings is 1. The minimum Gasteiger partial charge on any atom is -0.353 e. The molecule has 0 bridgehead atoms. The molecule has 0 atom stereocenters. The van der Waals surface area contributed by atoms with E-state index in [4.69, 9.17) is 11.6 Å². The summed E-state index contributed by atoms with van der Waals surface area (Å²) in [5.41, 5.74) is 1.45. The van der Waals surface area contributed by atoms with Crippen LogP contribution in [0.4, 0.5) is 17.5 Å². The molecule has 3 aromatic rings. The first-order valence-electron chi connectivity index (χ1n) is 9.65. The first-order chi connectivity index (χ1) is 14.7. The Morgan fingerprint density at radius 1 is 0.933 bits per heavy atom. The Hall–Kier alpha value is -3.45. The number of halogens is 1. The number of amides is 1. The van der Waals surface area contributed by atoms with Gasteiger partial charge in [-0.25, -0.2) is 15.0 Å². The molecule has 1 aromatic carbocycles. The van der Waals surface area contributed by atoms with Crippen molar-refractivity contribution in [2.45, 2.75) is 0 Å². The molecule has 4 rings (SSSR count). The van der Waals surface area contributed by atoms with Crippen molar-refractivity contribution in [2.24, 2.45) is 0 Å². The highest BCUT2D eigenvalue weighted by Gasteiger charge is 2.19. The smallest absolute Gasteiger partial charge is 0.248 e. The summed E-state index contributed by atoms with van der Waals surface area (Å²) < 4.78 is 0. The Morgan fingerprint density at radius 2 is 1.63 bits per heavy atom. The van der Waals surface area contributed by atoms with Gasteiger partial charge in [0.15, 0.2) is 0 Å². The van der Waals surface area contributed by atoms with E-state index in [2.05, 4.69) is 30.1 Å². The lowest BCUT2D eigenvalue weighted by atomic mass is 10.2. The second-order valence-electron chi connectivity index (χ2n) is 6.81. The molecule has 1 amide bonds. The molecule has 0 saturated carbocycles. The highest BCUT2D eigenvalue weighted by atomic mass is 35.5. The Morgan fingerprint density at radius 3 is 2.30 bits per heavy atom. The van der Waals surface area contributed by atoms with E-state index in [1.807, 2.05) is 36.5 Å². The van der Waals surface area contributed by atoms with Gasteiger partial charge in [-0.3, -0.25) is 4.79 Å². The molecular formula is C22H21ClN6O. The van der Waals surface area contributed by atoms with Crippen LogP contribution in [0.1, 0.15) is 5.56 Å². The monoisotopic (exact) mass is 420 g/mol. The summed E-state index contributed by atoms with van der Waals surface area (Å²) in [4.78, 5) is 29.7. The fraction of sp³-hybridized carbons (Fsp3) is 0.182. The summed E-state index contributed by atoms with van der Waals surface area (Å²) in [5.74, 6) is 1.40. The number of anilines is 3. The molecule has 3 heterocycles. The maximum absolute atomic E-state index is 12.1. The van der Waals surface area contributed by atoms with Crippen LogP contribution >= 0.6 is 11.6 Å². The normalized spacial score (nSPS) is 14.2. The van der Waals surface area contributed by atoms with Gasteiger partial charge in [-0.05, 0) is 35.9 Å². The molecule has 0 radical (unpaired) electrons. The van der Waals surface area contributed by atoms with Crippen LogP contribution in [-0.2, 0) is 4.79 Å². The number of piperazine rings is 1. The lowest BCUT2D eigenvalue weighted by Gasteiger charge is -2.35. The molecule has 1 fully saturated rings. The minimum atomic E-state index is -0.245. The largest absolute Gasteiger partial charge is 0.353 e. The molecule has 1 saturated heterocycles. The van der Waals surface area contributed by atoms with Crippen molar-refractivity contribution in [3.05, 3.63) is 77.7 Å². The number of carbonyl (C=O) groups is 1. The number of hydrogen-bond acceptors (Lipinski definition) is 6. The molecule has 30 heavy (non-hydrogen) atoms. The Labute approximate surface area is 180 Å². The molecule has 8 heteroatoms. The molecule has 7 nitrogen and oxygen atoms in total. The summed E-state index contributed by atoms with van der Waals surface area (Å²) in [6.45, 7) is 3.33. The van der Waals surface area contributed by atoms with Crippen LogP contribution in [0.5, 0.6) is 0 Å². The molecule has 2 aromatic heterocycles. The van der Waals surface area contributed by atoms with Crippen molar-refractivity contribution in [1.82, 2.24) is 15.0 Å². The van der Waals surface area contributed by atoms with Gasteiger partial charge < -0.3 is 15.1 Å². The molecule has 1 aliphatic rings. The fourth-order valence-corrected chi connectivity index (χ4v) is 3.28. The molecule has 152 valence electrons. The van der Waals surface area contributed by atoms with Crippen molar-refractivity contribution in [3.63, 3.8) is 0 Å². The highest BCUT2D eigenvalue weighted by Crippen LogP contribution is 2.17. The van der Waals surface area contributed by atoms with Crippen LogP contribution < -0.4 is 15.1 Å². The zero-order chi connectivity index (χ0) is 20.8. The van der Waals surface area contributed by atoms with Crippen molar-refractivity contribution in [3.8, 4) is 0 Å². The third-order valence-corrected chi connectivity index (χ3v) is 4.99. The molecule has 1 aliphatic heterocycles. The molecule has 1 N–H and O–H groups in total. The second kappa shape index (κ2) is 9.37. The zero-order valence-electron chi connectivity index (χ0n) is 16.3. The zero-order valence-corrected chi connectivity index (χ0v) is 17.0. The van der Waals surface area contributed by atoms with Crippen LogP contribution in [-0.4, -0.2) is 47.0 Å². The van der Waals surface area contributed by atoms with E-state index in [0.29, 0.717) is 16.7 Å². The average Bonchev–Trinajstić information content (AvgIpc) is 2.80. The van der Waals surface area contributed by atoms with E-state index in [9.17, 15) is 4.79 Å². The number of hydrogen-bond donors (Lipinski definition) is 1. The number of rotatable bonds is 5.